The second-order valence-corrected chi connectivity index (χ2v) is 19.1. The van der Waals surface area contributed by atoms with Crippen LogP contribution in [0.25, 0.3) is 0 Å². The molecule has 10 nitrogen and oxygen atoms in total. The molecule has 3 aliphatic heterocycles. The number of halogens is 1. The molecule has 2 unspecified atom stereocenters. The number of rotatable bonds is 7. The fourth-order valence-electron chi connectivity index (χ4n) is 9.00. The number of allylic oxidation sites excluding steroid dienone is 4. The summed E-state index contributed by atoms with van der Waals surface area (Å²) in [6.07, 6.45) is 16.3. The van der Waals surface area contributed by atoms with Crippen LogP contribution in [0.3, 0.4) is 0 Å². The Labute approximate surface area is 323 Å². The molecule has 1 N–H and O–H groups in total. The molecule has 53 heavy (non-hydrogen) atoms. The number of fused-ring (bicyclic) bond motifs is 3. The maximum Gasteiger partial charge on any atom is 0.264 e. The van der Waals surface area contributed by atoms with Crippen LogP contribution in [0.4, 0.5) is 5.69 Å². The van der Waals surface area contributed by atoms with Crippen molar-refractivity contribution in [3.05, 3.63) is 59.2 Å². The molecule has 6 rings (SSSR count). The van der Waals surface area contributed by atoms with Crippen LogP contribution in [0.15, 0.2) is 53.6 Å². The van der Waals surface area contributed by atoms with E-state index < -0.39 is 26.8 Å². The molecular weight excluding hydrogens is 712 g/mol. The summed E-state index contributed by atoms with van der Waals surface area (Å²) in [4.78, 5) is 20.9. The number of methoxy groups -OCH3 is 2. The van der Waals surface area contributed by atoms with E-state index >= 15 is 0 Å². The largest absolute Gasteiger partial charge is 0.491 e. The van der Waals surface area contributed by atoms with Crippen LogP contribution in [0, 0.1) is 29.1 Å². The van der Waals surface area contributed by atoms with Crippen molar-refractivity contribution < 1.29 is 27.4 Å². The highest BCUT2D eigenvalue weighted by Gasteiger charge is 2.49. The summed E-state index contributed by atoms with van der Waals surface area (Å²) >= 11 is 6.52. The number of amides is 1. The SMILES string of the molecule is COCCN(C)C1CN(C[C@@]2(OC)/C=C/C[C@H](C)[C@@H](C)S(=O)(=O)NC(=O)c3ccc4c(c3)N(CCCCC3(C)C=C(Cl)C=CC3CO4)C[C@@H]3CC[C@H]32)C1. The van der Waals surface area contributed by atoms with Crippen molar-refractivity contribution in [2.75, 3.05) is 78.6 Å². The van der Waals surface area contributed by atoms with Gasteiger partial charge in [0, 0.05) is 76.0 Å². The van der Waals surface area contributed by atoms with Crippen LogP contribution in [0.1, 0.15) is 69.7 Å². The number of likely N-dealkylation sites (tertiary alicyclic amines) is 1. The summed E-state index contributed by atoms with van der Waals surface area (Å²) in [5.41, 5.74) is 0.477. The Morgan fingerprint density at radius 3 is 2.64 bits per heavy atom. The highest BCUT2D eigenvalue weighted by atomic mass is 35.5. The second-order valence-electron chi connectivity index (χ2n) is 16.6. The molecule has 0 radical (unpaired) electrons. The van der Waals surface area contributed by atoms with Gasteiger partial charge in [-0.3, -0.25) is 14.6 Å². The van der Waals surface area contributed by atoms with Gasteiger partial charge in [0.15, 0.2) is 0 Å². The van der Waals surface area contributed by atoms with Crippen molar-refractivity contribution >= 4 is 33.2 Å². The zero-order valence-corrected chi connectivity index (χ0v) is 34.1. The molecule has 1 saturated heterocycles. The number of nitrogens with one attached hydrogen (secondary N) is 1. The molecule has 2 fully saturated rings. The summed E-state index contributed by atoms with van der Waals surface area (Å²) < 4.78 is 48.2. The standard InChI is InChI=1S/C41H61ClN4O6S/c1-29-10-9-18-41(51-6,28-45-25-35(26-45)44(4)20-21-50-5)36-15-11-32(36)24-46-19-8-7-17-40(3)23-34(42)14-13-33(40)27-52-38-16-12-31(22-37(38)46)39(47)43-53(48,49)30(29)2/h9,12-14,16,18,22-23,29-30,32-33,35-36H,7-8,10-11,15,17,19-21,24-28H2,1-6H3,(H,43,47)/b18-9+/t29-,30+,32-,33?,36+,40?,41-/m0/s1. The van der Waals surface area contributed by atoms with E-state index in [4.69, 9.17) is 25.8 Å². The van der Waals surface area contributed by atoms with E-state index in [2.05, 4.69) is 57.7 Å². The first-order valence-electron chi connectivity index (χ1n) is 19.6. The third-order valence-corrected chi connectivity index (χ3v) is 15.3. The molecular formula is C41H61ClN4O6S. The number of hydrogen-bond acceptors (Lipinski definition) is 9. The van der Waals surface area contributed by atoms with E-state index in [0.717, 1.165) is 82.1 Å². The van der Waals surface area contributed by atoms with Gasteiger partial charge in [-0.15, -0.1) is 0 Å². The number of anilines is 1. The zero-order valence-electron chi connectivity index (χ0n) is 32.6. The lowest BCUT2D eigenvalue weighted by Crippen LogP contribution is -2.64. The number of carbonyl (C=O) groups is 1. The highest BCUT2D eigenvalue weighted by molar-refractivity contribution is 7.90. The van der Waals surface area contributed by atoms with Gasteiger partial charge in [-0.1, -0.05) is 56.2 Å². The van der Waals surface area contributed by atoms with Crippen molar-refractivity contribution in [2.24, 2.45) is 29.1 Å². The van der Waals surface area contributed by atoms with Gasteiger partial charge >= 0.3 is 0 Å². The van der Waals surface area contributed by atoms with Gasteiger partial charge in [-0.05, 0) is 93.5 Å². The van der Waals surface area contributed by atoms with Gasteiger partial charge < -0.3 is 19.1 Å². The Kier molecular flexibility index (Phi) is 12.7. The number of ether oxygens (including phenoxy) is 3. The first-order valence-corrected chi connectivity index (χ1v) is 21.5. The molecule has 1 aromatic carbocycles. The molecule has 1 saturated carbocycles. The number of carbonyl (C=O) groups excluding carboxylic acids is 1. The first-order chi connectivity index (χ1) is 25.3. The lowest BCUT2D eigenvalue weighted by molar-refractivity contribution is -0.108. The van der Waals surface area contributed by atoms with Crippen LogP contribution in [0.2, 0.25) is 0 Å². The van der Waals surface area contributed by atoms with Crippen molar-refractivity contribution in [3.8, 4) is 5.75 Å². The topological polar surface area (TPSA) is 101 Å². The second kappa shape index (κ2) is 16.8. The van der Waals surface area contributed by atoms with E-state index in [-0.39, 0.29) is 23.2 Å². The number of sulfonamides is 1. The van der Waals surface area contributed by atoms with Crippen molar-refractivity contribution in [1.82, 2.24) is 14.5 Å². The third-order valence-electron chi connectivity index (χ3n) is 13.2. The normalized spacial score (nSPS) is 34.6. The summed E-state index contributed by atoms with van der Waals surface area (Å²) in [5.74, 6) is 0.616. The Morgan fingerprint density at radius 2 is 1.92 bits per heavy atom. The predicted octanol–water partition coefficient (Wildman–Crippen LogP) is 6.09. The minimum atomic E-state index is -3.96. The minimum Gasteiger partial charge on any atom is -0.491 e. The van der Waals surface area contributed by atoms with E-state index in [1.165, 1.54) is 0 Å². The third kappa shape index (κ3) is 8.86. The fraction of sp³-hybridized carbons (Fsp3) is 0.683. The molecule has 294 valence electrons. The first kappa shape index (κ1) is 40.3. The molecule has 5 aliphatic rings. The van der Waals surface area contributed by atoms with Crippen LogP contribution in [-0.4, -0.2) is 115 Å². The maximum atomic E-state index is 13.6. The van der Waals surface area contributed by atoms with E-state index in [1.54, 1.807) is 20.1 Å². The van der Waals surface area contributed by atoms with E-state index in [9.17, 15) is 13.2 Å². The van der Waals surface area contributed by atoms with Crippen LogP contribution < -0.4 is 14.4 Å². The molecule has 1 aromatic rings. The lowest BCUT2D eigenvalue weighted by Gasteiger charge is -2.54. The molecule has 0 spiro atoms. The van der Waals surface area contributed by atoms with Crippen LogP contribution in [-0.2, 0) is 19.5 Å². The fourth-order valence-corrected chi connectivity index (χ4v) is 10.6. The summed E-state index contributed by atoms with van der Waals surface area (Å²) in [5, 5.41) is -0.0192. The highest BCUT2D eigenvalue weighted by Crippen LogP contribution is 2.48. The zero-order chi connectivity index (χ0) is 38.0. The Hall–Kier alpha value is -2.41. The number of likely N-dealkylation sites (N-methyl/N-ethyl adjacent to an activating group) is 1. The maximum absolute atomic E-state index is 13.6. The number of benzene rings is 1. The average Bonchev–Trinajstić information content (AvgIpc) is 3.11. The van der Waals surface area contributed by atoms with Crippen LogP contribution in [0.5, 0.6) is 5.75 Å². The van der Waals surface area contributed by atoms with Gasteiger partial charge in [0.05, 0.1) is 24.2 Å². The summed E-state index contributed by atoms with van der Waals surface area (Å²) in [6.45, 7) is 12.2. The smallest absolute Gasteiger partial charge is 0.264 e. The van der Waals surface area contributed by atoms with Crippen LogP contribution >= 0.6 is 11.6 Å². The Balaban J connectivity index is 1.35. The van der Waals surface area contributed by atoms with E-state index in [0.29, 0.717) is 42.9 Å². The van der Waals surface area contributed by atoms with Crippen molar-refractivity contribution in [1.29, 1.82) is 0 Å². The number of nitrogens with zero attached hydrogens (tertiary/aromatic N) is 3. The monoisotopic (exact) mass is 772 g/mol. The quantitative estimate of drug-likeness (QED) is 0.331. The molecule has 2 aliphatic carbocycles. The average molecular weight is 773 g/mol. The molecule has 7 atom stereocenters. The van der Waals surface area contributed by atoms with Gasteiger partial charge in [-0.25, -0.2) is 13.1 Å². The van der Waals surface area contributed by atoms with Gasteiger partial charge in [0.1, 0.15) is 11.4 Å². The molecule has 12 heteroatoms. The van der Waals surface area contributed by atoms with Gasteiger partial charge in [0.25, 0.3) is 5.91 Å². The summed E-state index contributed by atoms with van der Waals surface area (Å²) in [6, 6.07) is 5.84. The Bertz CT molecular complexity index is 1660. The Morgan fingerprint density at radius 1 is 1.13 bits per heavy atom. The minimum absolute atomic E-state index is 0.132. The predicted molar refractivity (Wildman–Crippen MR) is 212 cm³/mol. The molecule has 0 aromatic heterocycles. The van der Waals surface area contributed by atoms with Crippen molar-refractivity contribution in [3.63, 3.8) is 0 Å². The molecule has 1 amide bonds. The number of hydrogen-bond donors (Lipinski definition) is 1. The van der Waals surface area contributed by atoms with Crippen molar-refractivity contribution in [2.45, 2.75) is 76.2 Å². The van der Waals surface area contributed by atoms with E-state index in [1.807, 2.05) is 32.2 Å². The van der Waals surface area contributed by atoms with Gasteiger partial charge in [0.2, 0.25) is 10.0 Å². The molecule has 3 heterocycles. The summed E-state index contributed by atoms with van der Waals surface area (Å²) in [7, 11) is 1.79. The molecule has 2 bridgehead atoms. The van der Waals surface area contributed by atoms with Gasteiger partial charge in [-0.2, -0.15) is 0 Å². The lowest BCUT2D eigenvalue weighted by atomic mass is 9.63.